The smallest absolute Gasteiger partial charge is 0.310 e. The Bertz CT molecular complexity index is 747. The molecule has 3 rings (SSSR count). The maximum atomic E-state index is 12.8. The fourth-order valence-corrected chi connectivity index (χ4v) is 1.89. The molecule has 2 heterocycles. The van der Waals surface area contributed by atoms with Gasteiger partial charge in [0.25, 0.3) is 0 Å². The largest absolute Gasteiger partial charge is 0.461 e. The summed E-state index contributed by atoms with van der Waals surface area (Å²) in [5.74, 6) is 0.255. The van der Waals surface area contributed by atoms with E-state index in [1.807, 2.05) is 0 Å². The lowest BCUT2D eigenvalue weighted by molar-refractivity contribution is -0.144. The van der Waals surface area contributed by atoms with Crippen LogP contribution in [-0.2, 0) is 22.6 Å². The lowest BCUT2D eigenvalue weighted by atomic mass is 10.1. The molecule has 2 aromatic heterocycles. The predicted octanol–water partition coefficient (Wildman–Crippen LogP) is 3.36. The minimum absolute atomic E-state index is 0.00420. The van der Waals surface area contributed by atoms with E-state index in [-0.39, 0.29) is 18.8 Å². The summed E-state index contributed by atoms with van der Waals surface area (Å²) in [6, 6.07) is 10.8. The van der Waals surface area contributed by atoms with Gasteiger partial charge in [-0.2, -0.15) is 0 Å². The van der Waals surface area contributed by atoms with Gasteiger partial charge >= 0.3 is 5.97 Å². The van der Waals surface area contributed by atoms with Crippen molar-refractivity contribution in [2.24, 2.45) is 0 Å². The first kappa shape index (κ1) is 14.1. The predicted molar refractivity (Wildman–Crippen MR) is 74.1 cm³/mol. The van der Waals surface area contributed by atoms with Gasteiger partial charge in [0.05, 0.1) is 12.7 Å². The highest BCUT2D eigenvalue weighted by molar-refractivity contribution is 5.72. The zero-order valence-corrected chi connectivity index (χ0v) is 11.5. The van der Waals surface area contributed by atoms with Gasteiger partial charge in [-0.05, 0) is 29.8 Å². The van der Waals surface area contributed by atoms with Gasteiger partial charge in [-0.3, -0.25) is 4.79 Å². The highest BCUT2D eigenvalue weighted by Gasteiger charge is 2.11. The number of benzene rings is 1. The van der Waals surface area contributed by atoms with Crippen LogP contribution in [0.25, 0.3) is 11.5 Å². The molecule has 0 saturated heterocycles. The number of carbonyl (C=O) groups excluding carboxylic acids is 1. The van der Waals surface area contributed by atoms with Crippen LogP contribution in [0.15, 0.2) is 57.7 Å². The van der Waals surface area contributed by atoms with Crippen molar-refractivity contribution < 1.29 is 22.9 Å². The van der Waals surface area contributed by atoms with Crippen LogP contribution in [0.3, 0.4) is 0 Å². The molecule has 0 unspecified atom stereocenters. The summed E-state index contributed by atoms with van der Waals surface area (Å²) in [6.07, 6.45) is 1.60. The molecular formula is C16H12FNO4. The van der Waals surface area contributed by atoms with Crippen LogP contribution in [0.1, 0.15) is 11.3 Å². The molecule has 1 aromatic carbocycles. The lowest BCUT2D eigenvalue weighted by Crippen LogP contribution is -2.08. The molecule has 0 aliphatic rings. The summed E-state index contributed by atoms with van der Waals surface area (Å²) in [4.78, 5) is 11.7. The third-order valence-corrected chi connectivity index (χ3v) is 2.97. The standard InChI is InChI=1S/C16H12FNO4/c17-12-5-3-11(4-6-12)8-16(19)21-10-13-9-15(22-18-13)14-2-1-7-20-14/h1-7,9H,8,10H2. The Labute approximate surface area is 125 Å². The minimum atomic E-state index is -0.422. The number of hydrogen-bond donors (Lipinski definition) is 0. The third-order valence-electron chi connectivity index (χ3n) is 2.97. The van der Waals surface area contributed by atoms with E-state index in [9.17, 15) is 9.18 Å². The number of carbonyl (C=O) groups is 1. The topological polar surface area (TPSA) is 65.5 Å². The summed E-state index contributed by atoms with van der Waals surface area (Å²) >= 11 is 0. The van der Waals surface area contributed by atoms with Crippen molar-refractivity contribution >= 4 is 5.97 Å². The van der Waals surface area contributed by atoms with E-state index >= 15 is 0 Å². The van der Waals surface area contributed by atoms with Crippen molar-refractivity contribution in [3.05, 3.63) is 65.8 Å². The Morgan fingerprint density at radius 2 is 2.00 bits per heavy atom. The highest BCUT2D eigenvalue weighted by Crippen LogP contribution is 2.20. The van der Waals surface area contributed by atoms with Crippen LogP contribution >= 0.6 is 0 Å². The molecule has 6 heteroatoms. The van der Waals surface area contributed by atoms with E-state index in [0.29, 0.717) is 22.8 Å². The zero-order chi connectivity index (χ0) is 15.4. The second-order valence-corrected chi connectivity index (χ2v) is 4.62. The molecule has 22 heavy (non-hydrogen) atoms. The van der Waals surface area contributed by atoms with E-state index in [4.69, 9.17) is 13.7 Å². The second kappa shape index (κ2) is 6.26. The van der Waals surface area contributed by atoms with E-state index in [1.54, 1.807) is 30.3 Å². The van der Waals surface area contributed by atoms with E-state index in [1.165, 1.54) is 18.4 Å². The van der Waals surface area contributed by atoms with Crippen molar-refractivity contribution in [1.82, 2.24) is 5.16 Å². The SMILES string of the molecule is O=C(Cc1ccc(F)cc1)OCc1cc(-c2ccco2)on1. The lowest BCUT2D eigenvalue weighted by Gasteiger charge is -2.02. The Kier molecular flexibility index (Phi) is 4.00. The molecule has 3 aromatic rings. The Hall–Kier alpha value is -2.89. The summed E-state index contributed by atoms with van der Waals surface area (Å²) in [5.41, 5.74) is 1.17. The average molecular weight is 301 g/mol. The van der Waals surface area contributed by atoms with Crippen LogP contribution in [0.5, 0.6) is 0 Å². The Morgan fingerprint density at radius 3 is 2.73 bits per heavy atom. The van der Waals surface area contributed by atoms with Gasteiger partial charge in [0.1, 0.15) is 18.1 Å². The molecule has 0 fully saturated rings. The zero-order valence-electron chi connectivity index (χ0n) is 11.5. The highest BCUT2D eigenvalue weighted by atomic mass is 19.1. The molecule has 5 nitrogen and oxygen atoms in total. The van der Waals surface area contributed by atoms with Crippen molar-refractivity contribution in [2.75, 3.05) is 0 Å². The molecular weight excluding hydrogens is 289 g/mol. The number of esters is 1. The summed E-state index contributed by atoms with van der Waals surface area (Å²) in [5, 5.41) is 3.80. The van der Waals surface area contributed by atoms with Crippen molar-refractivity contribution in [1.29, 1.82) is 0 Å². The van der Waals surface area contributed by atoms with Gasteiger partial charge in [-0.25, -0.2) is 4.39 Å². The molecule has 0 aliphatic heterocycles. The number of hydrogen-bond acceptors (Lipinski definition) is 5. The Morgan fingerprint density at radius 1 is 1.18 bits per heavy atom. The van der Waals surface area contributed by atoms with Gasteiger partial charge in [0.15, 0.2) is 5.76 Å². The third kappa shape index (κ3) is 3.41. The van der Waals surface area contributed by atoms with Crippen molar-refractivity contribution in [3.63, 3.8) is 0 Å². The summed E-state index contributed by atoms with van der Waals surface area (Å²) in [6.45, 7) is 0.00420. The number of furan rings is 1. The number of ether oxygens (including phenoxy) is 1. The number of halogens is 1. The van der Waals surface area contributed by atoms with Crippen LogP contribution in [0.2, 0.25) is 0 Å². The maximum absolute atomic E-state index is 12.8. The average Bonchev–Trinajstić information content (AvgIpc) is 3.18. The first-order valence-corrected chi connectivity index (χ1v) is 6.60. The quantitative estimate of drug-likeness (QED) is 0.676. The van der Waals surface area contributed by atoms with Crippen LogP contribution in [0, 0.1) is 5.82 Å². The molecule has 112 valence electrons. The number of nitrogens with zero attached hydrogens (tertiary/aromatic N) is 1. The fourth-order valence-electron chi connectivity index (χ4n) is 1.89. The number of aromatic nitrogens is 1. The first-order valence-electron chi connectivity index (χ1n) is 6.60. The summed E-state index contributed by atoms with van der Waals surface area (Å²) < 4.78 is 28.1. The molecule has 0 amide bonds. The Balaban J connectivity index is 1.54. The molecule has 0 bridgehead atoms. The normalized spacial score (nSPS) is 10.6. The van der Waals surface area contributed by atoms with Crippen LogP contribution in [-0.4, -0.2) is 11.1 Å². The molecule has 0 N–H and O–H groups in total. The van der Waals surface area contributed by atoms with Gasteiger partial charge in [0, 0.05) is 6.07 Å². The van der Waals surface area contributed by atoms with Gasteiger partial charge in [-0.15, -0.1) is 0 Å². The van der Waals surface area contributed by atoms with Gasteiger partial charge in [-0.1, -0.05) is 17.3 Å². The van der Waals surface area contributed by atoms with Crippen LogP contribution in [0.4, 0.5) is 4.39 Å². The van der Waals surface area contributed by atoms with Crippen molar-refractivity contribution in [3.8, 4) is 11.5 Å². The van der Waals surface area contributed by atoms with E-state index < -0.39 is 5.97 Å². The van der Waals surface area contributed by atoms with E-state index in [2.05, 4.69) is 5.16 Å². The molecule has 0 spiro atoms. The van der Waals surface area contributed by atoms with E-state index in [0.717, 1.165) is 0 Å². The van der Waals surface area contributed by atoms with Crippen molar-refractivity contribution in [2.45, 2.75) is 13.0 Å². The maximum Gasteiger partial charge on any atom is 0.310 e. The monoisotopic (exact) mass is 301 g/mol. The first-order chi connectivity index (χ1) is 10.7. The molecule has 0 atom stereocenters. The summed E-state index contributed by atoms with van der Waals surface area (Å²) in [7, 11) is 0. The van der Waals surface area contributed by atoms with Gasteiger partial charge < -0.3 is 13.7 Å². The molecule has 0 aliphatic carbocycles. The van der Waals surface area contributed by atoms with Crippen LogP contribution < -0.4 is 0 Å². The number of rotatable bonds is 5. The minimum Gasteiger partial charge on any atom is -0.461 e. The van der Waals surface area contributed by atoms with Gasteiger partial charge in [0.2, 0.25) is 5.76 Å². The molecule has 0 radical (unpaired) electrons. The second-order valence-electron chi connectivity index (χ2n) is 4.62. The fraction of sp³-hybridized carbons (Fsp3) is 0.125. The molecule has 0 saturated carbocycles.